The van der Waals surface area contributed by atoms with Gasteiger partial charge in [-0.25, -0.2) is 8.42 Å². The molecule has 0 spiro atoms. The molecular formula is C15H24N2O5S. The van der Waals surface area contributed by atoms with Gasteiger partial charge < -0.3 is 14.8 Å². The summed E-state index contributed by atoms with van der Waals surface area (Å²) in [6.45, 7) is 2.52. The highest BCUT2D eigenvalue weighted by molar-refractivity contribution is 7.89. The van der Waals surface area contributed by atoms with Crippen LogP contribution in [0.2, 0.25) is 0 Å². The van der Waals surface area contributed by atoms with Gasteiger partial charge in [0.05, 0.1) is 18.6 Å². The second-order valence-corrected chi connectivity index (χ2v) is 7.13. The second kappa shape index (κ2) is 8.85. The largest absolute Gasteiger partial charge is 0.496 e. The third-order valence-corrected chi connectivity index (χ3v) is 5.09. The molecule has 0 radical (unpaired) electrons. The van der Waals surface area contributed by atoms with Gasteiger partial charge in [-0.2, -0.15) is 4.31 Å². The Morgan fingerprint density at radius 3 is 2.57 bits per heavy atom. The Morgan fingerprint density at radius 2 is 2.00 bits per heavy atom. The zero-order valence-corrected chi connectivity index (χ0v) is 14.8. The lowest BCUT2D eigenvalue weighted by molar-refractivity contribution is -0.121. The van der Waals surface area contributed by atoms with Crippen LogP contribution in [0.4, 0.5) is 0 Å². The van der Waals surface area contributed by atoms with Gasteiger partial charge in [-0.15, -0.1) is 0 Å². The van der Waals surface area contributed by atoms with E-state index in [9.17, 15) is 13.2 Å². The molecule has 1 aromatic rings. The van der Waals surface area contributed by atoms with Gasteiger partial charge in [-0.05, 0) is 37.1 Å². The number of nitrogens with zero attached hydrogens (tertiary/aromatic N) is 1. The Bertz CT molecular complexity index is 631. The number of sulfonamides is 1. The molecule has 23 heavy (non-hydrogen) atoms. The topological polar surface area (TPSA) is 84.9 Å². The van der Waals surface area contributed by atoms with Crippen molar-refractivity contribution in [3.8, 4) is 5.75 Å². The van der Waals surface area contributed by atoms with Crippen LogP contribution in [0.5, 0.6) is 5.75 Å². The number of benzene rings is 1. The van der Waals surface area contributed by atoms with Crippen LogP contribution >= 0.6 is 0 Å². The average molecular weight is 344 g/mol. The molecule has 0 heterocycles. The molecule has 0 saturated heterocycles. The summed E-state index contributed by atoms with van der Waals surface area (Å²) < 4.78 is 36.0. The van der Waals surface area contributed by atoms with Gasteiger partial charge in [0.25, 0.3) is 0 Å². The number of aryl methyl sites for hydroxylation is 1. The first-order chi connectivity index (χ1) is 10.8. The van der Waals surface area contributed by atoms with E-state index in [-0.39, 0.29) is 17.3 Å². The zero-order valence-electron chi connectivity index (χ0n) is 14.0. The highest BCUT2D eigenvalue weighted by Crippen LogP contribution is 2.23. The lowest BCUT2D eigenvalue weighted by Gasteiger charge is -2.17. The van der Waals surface area contributed by atoms with E-state index >= 15 is 0 Å². The molecule has 0 aliphatic rings. The zero-order chi connectivity index (χ0) is 17.5. The summed E-state index contributed by atoms with van der Waals surface area (Å²) in [5, 5.41) is 2.66. The average Bonchev–Trinajstić information content (AvgIpc) is 2.51. The minimum atomic E-state index is -3.72. The smallest absolute Gasteiger partial charge is 0.243 e. The summed E-state index contributed by atoms with van der Waals surface area (Å²) >= 11 is 0. The fourth-order valence-corrected chi connectivity index (χ4v) is 3.19. The van der Waals surface area contributed by atoms with E-state index < -0.39 is 10.0 Å². The normalized spacial score (nSPS) is 11.5. The van der Waals surface area contributed by atoms with Crippen molar-refractivity contribution in [1.82, 2.24) is 9.62 Å². The van der Waals surface area contributed by atoms with Gasteiger partial charge in [-0.3, -0.25) is 4.79 Å². The molecule has 0 aliphatic heterocycles. The van der Waals surface area contributed by atoms with Crippen LogP contribution in [-0.4, -0.2) is 59.6 Å². The van der Waals surface area contributed by atoms with E-state index in [4.69, 9.17) is 9.47 Å². The van der Waals surface area contributed by atoms with Crippen molar-refractivity contribution in [3.63, 3.8) is 0 Å². The number of carbonyl (C=O) groups excluding carboxylic acids is 1. The molecule has 1 amide bonds. The first-order valence-electron chi connectivity index (χ1n) is 7.19. The summed E-state index contributed by atoms with van der Waals surface area (Å²) in [7, 11) is 0.761. The molecule has 0 fully saturated rings. The summed E-state index contributed by atoms with van der Waals surface area (Å²) in [5.74, 6) is 0.264. The number of rotatable bonds is 9. The van der Waals surface area contributed by atoms with Crippen LogP contribution in [0.25, 0.3) is 0 Å². The van der Waals surface area contributed by atoms with E-state index in [1.54, 1.807) is 20.1 Å². The Kier molecular flexibility index (Phi) is 7.47. The van der Waals surface area contributed by atoms with Crippen molar-refractivity contribution < 1.29 is 22.7 Å². The van der Waals surface area contributed by atoms with Crippen LogP contribution < -0.4 is 10.1 Å². The van der Waals surface area contributed by atoms with Gasteiger partial charge in [0.1, 0.15) is 5.75 Å². The molecule has 130 valence electrons. The number of likely N-dealkylation sites (N-methyl/N-ethyl adjacent to an activating group) is 1. The third kappa shape index (κ3) is 5.49. The molecule has 0 bridgehead atoms. The minimum Gasteiger partial charge on any atom is -0.496 e. The van der Waals surface area contributed by atoms with Crippen LogP contribution in [0.3, 0.4) is 0 Å². The number of hydrogen-bond donors (Lipinski definition) is 1. The lowest BCUT2D eigenvalue weighted by Crippen LogP contribution is -2.38. The maximum atomic E-state index is 12.5. The number of methoxy groups -OCH3 is 2. The maximum absolute atomic E-state index is 12.5. The standard InChI is InChI=1S/C15H24N2O5S/c1-12-10-13(6-7-14(12)22-4)23(19,20)17(2)11-15(18)16-8-5-9-21-3/h6-7,10H,5,8-9,11H2,1-4H3,(H,16,18). The summed E-state index contributed by atoms with van der Waals surface area (Å²) in [5.41, 5.74) is 0.714. The monoisotopic (exact) mass is 344 g/mol. The van der Waals surface area contributed by atoms with Crippen LogP contribution in [0.15, 0.2) is 23.1 Å². The van der Waals surface area contributed by atoms with Crippen molar-refractivity contribution in [3.05, 3.63) is 23.8 Å². The quantitative estimate of drug-likeness (QED) is 0.669. The Hall–Kier alpha value is -1.64. The molecule has 1 aromatic carbocycles. The van der Waals surface area contributed by atoms with Gasteiger partial charge in [-0.1, -0.05) is 0 Å². The van der Waals surface area contributed by atoms with Gasteiger partial charge in [0.2, 0.25) is 15.9 Å². The van der Waals surface area contributed by atoms with Gasteiger partial charge >= 0.3 is 0 Å². The Morgan fingerprint density at radius 1 is 1.30 bits per heavy atom. The molecular weight excluding hydrogens is 320 g/mol. The first kappa shape index (κ1) is 19.4. The molecule has 1 N–H and O–H groups in total. The van der Waals surface area contributed by atoms with Crippen molar-refractivity contribution in [2.45, 2.75) is 18.2 Å². The van der Waals surface area contributed by atoms with E-state index in [1.807, 2.05) is 0 Å². The van der Waals surface area contributed by atoms with Crippen molar-refractivity contribution in [1.29, 1.82) is 0 Å². The van der Waals surface area contributed by atoms with Gasteiger partial charge in [0.15, 0.2) is 0 Å². The number of amides is 1. The van der Waals surface area contributed by atoms with Crippen molar-refractivity contribution >= 4 is 15.9 Å². The van der Waals surface area contributed by atoms with E-state index in [2.05, 4.69) is 5.32 Å². The summed E-state index contributed by atoms with van der Waals surface area (Å²) in [6, 6.07) is 4.59. The van der Waals surface area contributed by atoms with Crippen LogP contribution in [-0.2, 0) is 19.6 Å². The van der Waals surface area contributed by atoms with E-state index in [1.165, 1.54) is 26.3 Å². The Labute approximate surface area is 137 Å². The molecule has 1 rings (SSSR count). The van der Waals surface area contributed by atoms with Crippen LogP contribution in [0.1, 0.15) is 12.0 Å². The third-order valence-electron chi connectivity index (χ3n) is 3.29. The first-order valence-corrected chi connectivity index (χ1v) is 8.63. The predicted molar refractivity (Wildman–Crippen MR) is 87.0 cm³/mol. The number of nitrogens with one attached hydrogen (secondary N) is 1. The molecule has 0 saturated carbocycles. The van der Waals surface area contributed by atoms with E-state index in [0.29, 0.717) is 30.9 Å². The molecule has 0 atom stereocenters. The summed E-state index contributed by atoms with van der Waals surface area (Å²) in [6.07, 6.45) is 0.677. The number of carbonyl (C=O) groups is 1. The van der Waals surface area contributed by atoms with Crippen molar-refractivity contribution in [2.24, 2.45) is 0 Å². The number of ether oxygens (including phenoxy) is 2. The fraction of sp³-hybridized carbons (Fsp3) is 0.533. The Balaban J connectivity index is 2.72. The molecule has 8 heteroatoms. The highest BCUT2D eigenvalue weighted by Gasteiger charge is 2.23. The second-order valence-electron chi connectivity index (χ2n) is 5.09. The maximum Gasteiger partial charge on any atom is 0.243 e. The van der Waals surface area contributed by atoms with Crippen molar-refractivity contribution in [2.75, 3.05) is 41.0 Å². The fourth-order valence-electron chi connectivity index (χ4n) is 1.98. The van der Waals surface area contributed by atoms with E-state index in [0.717, 1.165) is 4.31 Å². The number of hydrogen-bond acceptors (Lipinski definition) is 5. The van der Waals surface area contributed by atoms with Crippen LogP contribution in [0, 0.1) is 6.92 Å². The summed E-state index contributed by atoms with van der Waals surface area (Å²) in [4.78, 5) is 11.9. The predicted octanol–water partition coefficient (Wildman–Crippen LogP) is 0.777. The van der Waals surface area contributed by atoms with Gasteiger partial charge in [0, 0.05) is 27.3 Å². The minimum absolute atomic E-state index is 0.130. The molecule has 0 aromatic heterocycles. The lowest BCUT2D eigenvalue weighted by atomic mass is 10.2. The molecule has 0 aliphatic carbocycles. The SMILES string of the molecule is COCCCNC(=O)CN(C)S(=O)(=O)c1ccc(OC)c(C)c1. The highest BCUT2D eigenvalue weighted by atomic mass is 32.2. The molecule has 0 unspecified atom stereocenters. The molecule has 7 nitrogen and oxygen atoms in total.